The van der Waals surface area contributed by atoms with E-state index in [9.17, 15) is 4.79 Å². The number of hydrogen-bond donors (Lipinski definition) is 1. The van der Waals surface area contributed by atoms with E-state index in [2.05, 4.69) is 27.2 Å². The molecule has 1 aliphatic heterocycles. The molecule has 7 heteroatoms. The standard InChI is InChI=1S/C17H14ClN3OS2/c1-10-15-16(11-5-6-23-8-11)24-9-14(22)19-17(15)21(20-10)13-4-2-3-12(18)7-13/h2-8,16H,9H2,1H3,(H,19,22). The van der Waals surface area contributed by atoms with E-state index in [1.54, 1.807) is 27.8 Å². The van der Waals surface area contributed by atoms with Crippen LogP contribution >= 0.6 is 34.7 Å². The minimum absolute atomic E-state index is 0.0119. The van der Waals surface area contributed by atoms with Crippen LogP contribution < -0.4 is 5.32 Å². The van der Waals surface area contributed by atoms with Gasteiger partial charge in [-0.1, -0.05) is 17.7 Å². The van der Waals surface area contributed by atoms with Crippen LogP contribution in [0.4, 0.5) is 5.82 Å². The molecule has 0 saturated carbocycles. The van der Waals surface area contributed by atoms with Gasteiger partial charge in [0.25, 0.3) is 0 Å². The fourth-order valence-electron chi connectivity index (χ4n) is 2.87. The summed E-state index contributed by atoms with van der Waals surface area (Å²) < 4.78 is 1.78. The van der Waals surface area contributed by atoms with Crippen molar-refractivity contribution in [2.45, 2.75) is 12.2 Å². The number of carbonyl (C=O) groups excluding carboxylic acids is 1. The summed E-state index contributed by atoms with van der Waals surface area (Å²) in [6.07, 6.45) is 0. The topological polar surface area (TPSA) is 46.9 Å². The highest BCUT2D eigenvalue weighted by molar-refractivity contribution is 8.00. The predicted octanol–water partition coefficient (Wildman–Crippen LogP) is 4.67. The molecule has 3 heterocycles. The van der Waals surface area contributed by atoms with Gasteiger partial charge in [-0.3, -0.25) is 4.79 Å². The molecule has 1 aromatic carbocycles. The number of thioether (sulfide) groups is 1. The average Bonchev–Trinajstić information content (AvgIpc) is 3.14. The fourth-order valence-corrected chi connectivity index (χ4v) is 5.00. The summed E-state index contributed by atoms with van der Waals surface area (Å²) in [4.78, 5) is 12.2. The van der Waals surface area contributed by atoms with Crippen LogP contribution in [-0.2, 0) is 4.79 Å². The number of hydrogen-bond acceptors (Lipinski definition) is 4. The average molecular weight is 376 g/mol. The van der Waals surface area contributed by atoms with Crippen LogP contribution in [-0.4, -0.2) is 21.4 Å². The van der Waals surface area contributed by atoms with Crippen molar-refractivity contribution in [1.82, 2.24) is 9.78 Å². The minimum atomic E-state index is -0.0119. The molecule has 0 radical (unpaired) electrons. The summed E-state index contributed by atoms with van der Waals surface area (Å²) in [5.74, 6) is 1.15. The lowest BCUT2D eigenvalue weighted by molar-refractivity contribution is -0.113. The predicted molar refractivity (Wildman–Crippen MR) is 101 cm³/mol. The second-order valence-electron chi connectivity index (χ2n) is 5.54. The van der Waals surface area contributed by atoms with Gasteiger partial charge < -0.3 is 5.32 Å². The smallest absolute Gasteiger partial charge is 0.235 e. The molecule has 0 fully saturated rings. The number of anilines is 1. The summed E-state index contributed by atoms with van der Waals surface area (Å²) in [5, 5.41) is 12.6. The van der Waals surface area contributed by atoms with Gasteiger partial charge in [0, 0.05) is 10.6 Å². The molecule has 0 spiro atoms. The Labute approximate surface area is 152 Å². The number of carbonyl (C=O) groups is 1. The summed E-state index contributed by atoms with van der Waals surface area (Å²) in [5.41, 5.74) is 4.01. The van der Waals surface area contributed by atoms with Crippen molar-refractivity contribution in [2.24, 2.45) is 0 Å². The number of halogens is 1. The zero-order chi connectivity index (χ0) is 16.7. The Bertz CT molecular complexity index is 905. The molecular weight excluding hydrogens is 362 g/mol. The first kappa shape index (κ1) is 15.7. The Hall–Kier alpha value is -1.76. The molecule has 0 saturated heterocycles. The molecule has 1 aliphatic rings. The molecule has 0 aliphatic carbocycles. The Kier molecular flexibility index (Phi) is 4.12. The third-order valence-electron chi connectivity index (χ3n) is 3.91. The molecule has 0 bridgehead atoms. The van der Waals surface area contributed by atoms with Crippen molar-refractivity contribution in [3.8, 4) is 5.69 Å². The van der Waals surface area contributed by atoms with Gasteiger partial charge in [-0.25, -0.2) is 4.68 Å². The monoisotopic (exact) mass is 375 g/mol. The third kappa shape index (κ3) is 2.75. The number of aryl methyl sites for hydroxylation is 1. The molecule has 122 valence electrons. The molecular formula is C17H14ClN3OS2. The van der Waals surface area contributed by atoms with Gasteiger partial charge >= 0.3 is 0 Å². The van der Waals surface area contributed by atoms with Crippen molar-refractivity contribution >= 4 is 46.4 Å². The van der Waals surface area contributed by atoms with Crippen LogP contribution in [0.15, 0.2) is 41.1 Å². The lowest BCUT2D eigenvalue weighted by atomic mass is 10.1. The Balaban J connectivity index is 1.91. The highest BCUT2D eigenvalue weighted by Crippen LogP contribution is 2.44. The molecule has 3 aromatic rings. The van der Waals surface area contributed by atoms with Crippen molar-refractivity contribution in [2.75, 3.05) is 11.1 Å². The second kappa shape index (κ2) is 6.27. The van der Waals surface area contributed by atoms with Gasteiger partial charge in [0.1, 0.15) is 5.82 Å². The van der Waals surface area contributed by atoms with Crippen LogP contribution in [0.5, 0.6) is 0 Å². The van der Waals surface area contributed by atoms with E-state index in [-0.39, 0.29) is 11.2 Å². The van der Waals surface area contributed by atoms with E-state index in [0.717, 1.165) is 22.8 Å². The number of nitrogens with one attached hydrogen (secondary N) is 1. The molecule has 4 nitrogen and oxygen atoms in total. The van der Waals surface area contributed by atoms with E-state index in [4.69, 9.17) is 11.6 Å². The maximum atomic E-state index is 12.2. The molecule has 24 heavy (non-hydrogen) atoms. The zero-order valence-electron chi connectivity index (χ0n) is 12.8. The lowest BCUT2D eigenvalue weighted by Crippen LogP contribution is -2.15. The maximum Gasteiger partial charge on any atom is 0.235 e. The number of nitrogens with zero attached hydrogens (tertiary/aromatic N) is 2. The fraction of sp³-hybridized carbons (Fsp3) is 0.176. The SMILES string of the molecule is Cc1nn(-c2cccc(Cl)c2)c2c1C(c1ccsc1)SCC(=O)N2. The third-order valence-corrected chi connectivity index (χ3v) is 6.11. The van der Waals surface area contributed by atoms with Gasteiger partial charge in [-0.15, -0.1) is 11.8 Å². The van der Waals surface area contributed by atoms with E-state index in [1.165, 1.54) is 5.56 Å². The number of benzene rings is 1. The Morgan fingerprint density at radius 1 is 1.38 bits per heavy atom. The maximum absolute atomic E-state index is 12.2. The van der Waals surface area contributed by atoms with Crippen molar-refractivity contribution in [3.05, 3.63) is 62.9 Å². The van der Waals surface area contributed by atoms with Gasteiger partial charge in [0.15, 0.2) is 0 Å². The summed E-state index contributed by atoms with van der Waals surface area (Å²) in [6.45, 7) is 1.98. The highest BCUT2D eigenvalue weighted by atomic mass is 35.5. The minimum Gasteiger partial charge on any atom is -0.310 e. The van der Waals surface area contributed by atoms with E-state index >= 15 is 0 Å². The quantitative estimate of drug-likeness (QED) is 0.708. The van der Waals surface area contributed by atoms with E-state index in [0.29, 0.717) is 10.8 Å². The summed E-state index contributed by atoms with van der Waals surface area (Å²) in [6, 6.07) is 9.59. The number of fused-ring (bicyclic) bond motifs is 1. The van der Waals surface area contributed by atoms with Crippen molar-refractivity contribution in [1.29, 1.82) is 0 Å². The van der Waals surface area contributed by atoms with Gasteiger partial charge in [0.2, 0.25) is 5.91 Å². The molecule has 1 atom stereocenters. The highest BCUT2D eigenvalue weighted by Gasteiger charge is 2.30. The Morgan fingerprint density at radius 2 is 2.25 bits per heavy atom. The molecule has 1 amide bonds. The van der Waals surface area contributed by atoms with Crippen LogP contribution in [0.3, 0.4) is 0 Å². The largest absolute Gasteiger partial charge is 0.310 e. The number of thiophene rings is 1. The first-order valence-electron chi connectivity index (χ1n) is 7.42. The van der Waals surface area contributed by atoms with Crippen LogP contribution in [0.1, 0.15) is 22.1 Å². The van der Waals surface area contributed by atoms with E-state index < -0.39 is 0 Å². The molecule has 1 N–H and O–H groups in total. The van der Waals surface area contributed by atoms with Crippen LogP contribution in [0, 0.1) is 6.92 Å². The normalized spacial score (nSPS) is 17.2. The van der Waals surface area contributed by atoms with E-state index in [1.807, 2.05) is 31.2 Å². The molecule has 1 unspecified atom stereocenters. The van der Waals surface area contributed by atoms with Gasteiger partial charge in [-0.2, -0.15) is 16.4 Å². The van der Waals surface area contributed by atoms with Crippen molar-refractivity contribution in [3.63, 3.8) is 0 Å². The number of aromatic nitrogens is 2. The molecule has 2 aromatic heterocycles. The van der Waals surface area contributed by atoms with Gasteiger partial charge in [-0.05, 0) is 47.5 Å². The first-order chi connectivity index (χ1) is 11.6. The zero-order valence-corrected chi connectivity index (χ0v) is 15.2. The second-order valence-corrected chi connectivity index (χ2v) is 7.85. The van der Waals surface area contributed by atoms with Crippen LogP contribution in [0.2, 0.25) is 5.02 Å². The van der Waals surface area contributed by atoms with Crippen molar-refractivity contribution < 1.29 is 4.79 Å². The Morgan fingerprint density at radius 3 is 3.00 bits per heavy atom. The lowest BCUT2D eigenvalue weighted by Gasteiger charge is -2.13. The van der Waals surface area contributed by atoms with Gasteiger partial charge in [0.05, 0.1) is 22.4 Å². The molecule has 4 rings (SSSR count). The number of amides is 1. The number of rotatable bonds is 2. The first-order valence-corrected chi connectivity index (χ1v) is 9.79. The van der Waals surface area contributed by atoms with Crippen LogP contribution in [0.25, 0.3) is 5.69 Å². The summed E-state index contributed by atoms with van der Waals surface area (Å²) >= 11 is 9.42. The summed E-state index contributed by atoms with van der Waals surface area (Å²) in [7, 11) is 0.